The van der Waals surface area contributed by atoms with Crippen molar-refractivity contribution in [3.63, 3.8) is 0 Å². The molecule has 1 N–H and O–H groups in total. The van der Waals surface area contributed by atoms with Crippen molar-refractivity contribution in [2.24, 2.45) is 5.92 Å². The molecule has 2 aromatic carbocycles. The topological polar surface area (TPSA) is 66.5 Å². The van der Waals surface area contributed by atoms with Gasteiger partial charge in [-0.1, -0.05) is 32.0 Å². The third-order valence-corrected chi connectivity index (χ3v) is 6.12. The van der Waals surface area contributed by atoms with Crippen LogP contribution in [0.1, 0.15) is 20.3 Å². The summed E-state index contributed by atoms with van der Waals surface area (Å²) in [5, 5.41) is 2.75. The molecule has 1 aliphatic heterocycles. The van der Waals surface area contributed by atoms with Gasteiger partial charge in [0.25, 0.3) is 10.0 Å². The molecule has 3 rings (SSSR count). The lowest BCUT2D eigenvalue weighted by Gasteiger charge is -2.31. The number of hydrogen-bond acceptors (Lipinski definition) is 3. The third kappa shape index (κ3) is 3.44. The third-order valence-electron chi connectivity index (χ3n) is 4.30. The summed E-state index contributed by atoms with van der Waals surface area (Å²) in [6.45, 7) is 4.23. The lowest BCUT2D eigenvalue weighted by atomic mass is 10.0. The van der Waals surface area contributed by atoms with E-state index in [4.69, 9.17) is 0 Å². The second-order valence-electron chi connectivity index (χ2n) is 6.70. The summed E-state index contributed by atoms with van der Waals surface area (Å²) in [6, 6.07) is 10.3. The van der Waals surface area contributed by atoms with Gasteiger partial charge < -0.3 is 5.32 Å². The number of carbonyl (C=O) groups is 1. The Balaban J connectivity index is 1.97. The van der Waals surface area contributed by atoms with E-state index in [9.17, 15) is 17.6 Å². The Bertz CT molecular complexity index is 942. The first-order valence-corrected chi connectivity index (χ1v) is 9.93. The first-order valence-electron chi connectivity index (χ1n) is 8.49. The Labute approximate surface area is 152 Å². The predicted molar refractivity (Wildman–Crippen MR) is 98.8 cm³/mol. The average molecular weight is 376 g/mol. The number of fused-ring (bicyclic) bond motifs is 3. The van der Waals surface area contributed by atoms with Gasteiger partial charge >= 0.3 is 0 Å². The number of anilines is 1. The Morgan fingerprint density at radius 3 is 2.62 bits per heavy atom. The van der Waals surface area contributed by atoms with E-state index in [1.807, 2.05) is 13.8 Å². The van der Waals surface area contributed by atoms with Gasteiger partial charge in [0.05, 0.1) is 10.6 Å². The molecule has 138 valence electrons. The van der Waals surface area contributed by atoms with Crippen molar-refractivity contribution >= 4 is 21.6 Å². The summed E-state index contributed by atoms with van der Waals surface area (Å²) in [5.74, 6) is -0.410. The Kier molecular flexibility index (Phi) is 5.00. The summed E-state index contributed by atoms with van der Waals surface area (Å²) in [7, 11) is -3.90. The zero-order valence-electron chi connectivity index (χ0n) is 14.7. The molecule has 0 radical (unpaired) electrons. The van der Waals surface area contributed by atoms with E-state index in [1.165, 1.54) is 24.3 Å². The number of benzene rings is 2. The highest BCUT2D eigenvalue weighted by Gasteiger charge is 2.35. The van der Waals surface area contributed by atoms with Gasteiger partial charge in [-0.2, -0.15) is 0 Å². The monoisotopic (exact) mass is 376 g/mol. The molecule has 5 nitrogen and oxygen atoms in total. The fourth-order valence-electron chi connectivity index (χ4n) is 2.96. The average Bonchev–Trinajstić information content (AvgIpc) is 2.58. The molecule has 0 aromatic heterocycles. The first kappa shape index (κ1) is 18.4. The fourth-order valence-corrected chi connectivity index (χ4v) is 4.61. The van der Waals surface area contributed by atoms with Gasteiger partial charge in [0.15, 0.2) is 0 Å². The molecular formula is C19H21FN2O3S. The van der Waals surface area contributed by atoms with Gasteiger partial charge in [0.2, 0.25) is 5.91 Å². The van der Waals surface area contributed by atoms with Crippen LogP contribution in [-0.2, 0) is 14.8 Å². The number of nitrogens with one attached hydrogen (secondary N) is 1. The van der Waals surface area contributed by atoms with Gasteiger partial charge in [-0.15, -0.1) is 0 Å². The van der Waals surface area contributed by atoms with Crippen molar-refractivity contribution in [2.45, 2.75) is 25.2 Å². The molecule has 1 aliphatic rings. The Hall–Kier alpha value is -2.41. The zero-order valence-corrected chi connectivity index (χ0v) is 15.5. The van der Waals surface area contributed by atoms with Crippen molar-refractivity contribution in [3.05, 3.63) is 48.3 Å². The highest BCUT2D eigenvalue weighted by Crippen LogP contribution is 2.42. The number of sulfonamides is 1. The van der Waals surface area contributed by atoms with Gasteiger partial charge in [-0.05, 0) is 36.6 Å². The van der Waals surface area contributed by atoms with E-state index in [0.717, 1.165) is 10.7 Å². The fraction of sp³-hybridized carbons (Fsp3) is 0.316. The number of rotatable bonds is 5. The van der Waals surface area contributed by atoms with E-state index >= 15 is 0 Å². The standard InChI is InChI=1S/C19H21FN2O3S/c1-13(2)9-10-21-19(23)12-22-17-8-7-14(20)11-16(17)15-5-3-4-6-18(15)26(22,24)25/h3-8,11,13H,9-10,12H2,1-2H3,(H,21,23). The molecule has 0 aliphatic carbocycles. The number of carbonyl (C=O) groups excluding carboxylic acids is 1. The SMILES string of the molecule is CC(C)CCNC(=O)CN1c2ccc(F)cc2-c2ccccc2S1(=O)=O. The highest BCUT2D eigenvalue weighted by atomic mass is 32.2. The van der Waals surface area contributed by atoms with Gasteiger partial charge in [-0.25, -0.2) is 12.8 Å². The van der Waals surface area contributed by atoms with Crippen molar-refractivity contribution < 1.29 is 17.6 Å². The van der Waals surface area contributed by atoms with Crippen LogP contribution >= 0.6 is 0 Å². The van der Waals surface area contributed by atoms with Crippen molar-refractivity contribution in [1.29, 1.82) is 0 Å². The van der Waals surface area contributed by atoms with Gasteiger partial charge in [-0.3, -0.25) is 9.10 Å². The normalized spacial score (nSPS) is 14.7. The molecule has 26 heavy (non-hydrogen) atoms. The minimum Gasteiger partial charge on any atom is -0.355 e. The lowest BCUT2D eigenvalue weighted by molar-refractivity contribution is -0.119. The summed E-state index contributed by atoms with van der Waals surface area (Å²) in [6.07, 6.45) is 0.809. The molecule has 0 unspecified atom stereocenters. The maximum absolute atomic E-state index is 13.8. The van der Waals surface area contributed by atoms with Crippen LogP contribution in [0.4, 0.5) is 10.1 Å². The number of amides is 1. The van der Waals surface area contributed by atoms with Crippen LogP contribution in [0.2, 0.25) is 0 Å². The van der Waals surface area contributed by atoms with Crippen LogP contribution in [0.15, 0.2) is 47.4 Å². The van der Waals surface area contributed by atoms with Crippen LogP contribution < -0.4 is 9.62 Å². The smallest absolute Gasteiger partial charge is 0.265 e. The second kappa shape index (κ2) is 7.07. The largest absolute Gasteiger partial charge is 0.355 e. The maximum Gasteiger partial charge on any atom is 0.265 e. The Morgan fingerprint density at radius 2 is 1.88 bits per heavy atom. The Morgan fingerprint density at radius 1 is 1.15 bits per heavy atom. The molecule has 2 aromatic rings. The van der Waals surface area contributed by atoms with Crippen LogP contribution in [0, 0.1) is 11.7 Å². The molecule has 0 fully saturated rings. The predicted octanol–water partition coefficient (Wildman–Crippen LogP) is 3.16. The molecule has 0 spiro atoms. The quantitative estimate of drug-likeness (QED) is 0.872. The van der Waals surface area contributed by atoms with E-state index < -0.39 is 15.8 Å². The van der Waals surface area contributed by atoms with Crippen molar-refractivity contribution in [2.75, 3.05) is 17.4 Å². The molecule has 0 saturated carbocycles. The lowest BCUT2D eigenvalue weighted by Crippen LogP contribution is -2.42. The van der Waals surface area contributed by atoms with E-state index in [1.54, 1.807) is 18.2 Å². The first-order chi connectivity index (χ1) is 12.3. The highest BCUT2D eigenvalue weighted by molar-refractivity contribution is 7.93. The molecular weight excluding hydrogens is 355 g/mol. The van der Waals surface area contributed by atoms with E-state index in [2.05, 4.69) is 5.32 Å². The molecule has 1 heterocycles. The molecule has 0 atom stereocenters. The molecule has 1 amide bonds. The number of halogens is 1. The van der Waals surface area contributed by atoms with Gasteiger partial charge in [0.1, 0.15) is 12.4 Å². The molecule has 7 heteroatoms. The maximum atomic E-state index is 13.8. The summed E-state index contributed by atoms with van der Waals surface area (Å²) >= 11 is 0. The van der Waals surface area contributed by atoms with Crippen molar-refractivity contribution in [3.8, 4) is 11.1 Å². The molecule has 0 bridgehead atoms. The van der Waals surface area contributed by atoms with Crippen molar-refractivity contribution in [1.82, 2.24) is 5.32 Å². The minimum absolute atomic E-state index is 0.0769. The minimum atomic E-state index is -3.90. The number of nitrogens with zero attached hydrogens (tertiary/aromatic N) is 1. The van der Waals surface area contributed by atoms with E-state index in [0.29, 0.717) is 29.3 Å². The zero-order chi connectivity index (χ0) is 18.9. The molecule has 0 saturated heterocycles. The number of hydrogen-bond donors (Lipinski definition) is 1. The van der Waals surface area contributed by atoms with Crippen LogP contribution in [0.3, 0.4) is 0 Å². The van der Waals surface area contributed by atoms with Crippen LogP contribution in [0.25, 0.3) is 11.1 Å². The summed E-state index contributed by atoms with van der Waals surface area (Å²) in [4.78, 5) is 12.4. The second-order valence-corrected chi connectivity index (χ2v) is 8.53. The van der Waals surface area contributed by atoms with Crippen LogP contribution in [-0.4, -0.2) is 27.4 Å². The summed E-state index contributed by atoms with van der Waals surface area (Å²) < 4.78 is 40.9. The van der Waals surface area contributed by atoms with Gasteiger partial charge in [0, 0.05) is 17.7 Å². The summed E-state index contributed by atoms with van der Waals surface area (Å²) in [5.41, 5.74) is 1.22. The van der Waals surface area contributed by atoms with E-state index in [-0.39, 0.29) is 17.3 Å². The van der Waals surface area contributed by atoms with Crippen LogP contribution in [0.5, 0.6) is 0 Å².